The van der Waals surface area contributed by atoms with Crippen LogP contribution in [0.3, 0.4) is 0 Å². The molecule has 4 amide bonds. The molecule has 1 atom stereocenters. The van der Waals surface area contributed by atoms with Gasteiger partial charge in [0.25, 0.3) is 5.91 Å². The maximum Gasteiger partial charge on any atom is 0.418 e. The second kappa shape index (κ2) is 9.13. The Morgan fingerprint density at radius 2 is 1.91 bits per heavy atom. The molecular weight excluding hydrogens is 484 g/mol. The summed E-state index contributed by atoms with van der Waals surface area (Å²) in [7, 11) is -4.85. The van der Waals surface area contributed by atoms with Gasteiger partial charge in [-0.2, -0.15) is 18.6 Å². The molecule has 2 bridgehead atoms. The topological polar surface area (TPSA) is 164 Å². The number of hydrogen-bond acceptors (Lipinski definition) is 8. The van der Waals surface area contributed by atoms with Gasteiger partial charge < -0.3 is 19.9 Å². The van der Waals surface area contributed by atoms with Gasteiger partial charge in [0, 0.05) is 31.9 Å². The van der Waals surface area contributed by atoms with E-state index in [0.717, 1.165) is 0 Å². The molecule has 0 saturated carbocycles. The van der Waals surface area contributed by atoms with Gasteiger partial charge in [-0.3, -0.25) is 9.35 Å². The van der Waals surface area contributed by atoms with Gasteiger partial charge in [-0.1, -0.05) is 0 Å². The summed E-state index contributed by atoms with van der Waals surface area (Å²) in [5, 5.41) is 7.81. The number of ether oxygens (including phenoxy) is 1. The van der Waals surface area contributed by atoms with Gasteiger partial charge in [0.1, 0.15) is 11.6 Å². The summed E-state index contributed by atoms with van der Waals surface area (Å²) in [4.78, 5) is 40.2. The number of likely N-dealkylation sites (tertiary alicyclic amines) is 1. The van der Waals surface area contributed by atoms with Crippen molar-refractivity contribution in [1.82, 2.24) is 30.0 Å². The number of amides is 4. The van der Waals surface area contributed by atoms with Crippen molar-refractivity contribution in [3.05, 3.63) is 24.0 Å². The number of rotatable bonds is 5. The largest absolute Gasteiger partial charge is 0.444 e. The lowest BCUT2D eigenvalue weighted by Gasteiger charge is -2.33. The van der Waals surface area contributed by atoms with Crippen LogP contribution in [0.4, 0.5) is 9.59 Å². The summed E-state index contributed by atoms with van der Waals surface area (Å²) < 4.78 is 42.2. The molecule has 0 radical (unpaired) electrons. The van der Waals surface area contributed by atoms with Crippen LogP contribution in [-0.2, 0) is 19.4 Å². The summed E-state index contributed by atoms with van der Waals surface area (Å²) in [6.07, 6.45) is 3.95. The van der Waals surface area contributed by atoms with Crippen LogP contribution in [0.15, 0.2) is 18.3 Å². The molecule has 1 aromatic heterocycles. The molecule has 1 aromatic rings. The van der Waals surface area contributed by atoms with Gasteiger partial charge in [-0.05, 0) is 45.8 Å². The fourth-order valence-electron chi connectivity index (χ4n) is 4.12. The zero-order chi connectivity index (χ0) is 25.5. The predicted molar refractivity (Wildman–Crippen MR) is 120 cm³/mol. The highest BCUT2D eigenvalue weighted by atomic mass is 32.3. The third-order valence-corrected chi connectivity index (χ3v) is 6.03. The number of piperidine rings is 1. The van der Waals surface area contributed by atoms with Crippen LogP contribution < -0.4 is 5.32 Å². The highest BCUT2D eigenvalue weighted by molar-refractivity contribution is 7.80. The molecule has 4 rings (SSSR count). The summed E-state index contributed by atoms with van der Waals surface area (Å²) in [6.45, 7) is 6.67. The monoisotopic (exact) mass is 512 g/mol. The minimum Gasteiger partial charge on any atom is -0.444 e. The molecule has 3 aliphatic heterocycles. The van der Waals surface area contributed by atoms with Gasteiger partial charge in [-0.15, -0.1) is 4.28 Å². The third kappa shape index (κ3) is 5.91. The van der Waals surface area contributed by atoms with Crippen molar-refractivity contribution < 1.29 is 36.4 Å². The summed E-state index contributed by atoms with van der Waals surface area (Å²) in [5.74, 6) is -0.369. The van der Waals surface area contributed by atoms with Crippen LogP contribution in [0.25, 0.3) is 5.70 Å². The Kier molecular flexibility index (Phi) is 6.50. The van der Waals surface area contributed by atoms with E-state index in [9.17, 15) is 22.8 Å². The number of carbonyl (C=O) groups is 3. The van der Waals surface area contributed by atoms with E-state index in [2.05, 4.69) is 14.7 Å². The van der Waals surface area contributed by atoms with E-state index in [1.54, 1.807) is 17.2 Å². The zero-order valence-electron chi connectivity index (χ0n) is 19.6. The van der Waals surface area contributed by atoms with Crippen LogP contribution in [0.2, 0.25) is 0 Å². The average Bonchev–Trinajstić information content (AvgIpc) is 3.32. The van der Waals surface area contributed by atoms with Crippen molar-refractivity contribution in [2.45, 2.75) is 51.3 Å². The Labute approximate surface area is 202 Å². The van der Waals surface area contributed by atoms with Gasteiger partial charge in [0.2, 0.25) is 0 Å². The second-order valence-corrected chi connectivity index (χ2v) is 10.6. The van der Waals surface area contributed by atoms with Gasteiger partial charge >= 0.3 is 22.5 Å². The first-order valence-electron chi connectivity index (χ1n) is 11.1. The van der Waals surface area contributed by atoms with E-state index >= 15 is 0 Å². The van der Waals surface area contributed by atoms with E-state index in [0.29, 0.717) is 36.7 Å². The van der Waals surface area contributed by atoms with Crippen molar-refractivity contribution in [3.63, 3.8) is 0 Å². The molecule has 4 heterocycles. The lowest BCUT2D eigenvalue weighted by atomic mass is 10.1. The van der Waals surface area contributed by atoms with Gasteiger partial charge in [-0.25, -0.2) is 14.3 Å². The molecular formula is C20H28N6O8S. The first-order chi connectivity index (χ1) is 16.3. The maximum absolute atomic E-state index is 12.7. The molecule has 192 valence electrons. The fourth-order valence-corrected chi connectivity index (χ4v) is 4.49. The van der Waals surface area contributed by atoms with Crippen molar-refractivity contribution >= 4 is 34.1 Å². The zero-order valence-corrected chi connectivity index (χ0v) is 20.4. The minimum absolute atomic E-state index is 0.118. The smallest absolute Gasteiger partial charge is 0.418 e. The number of hydrogen-bond donors (Lipinski definition) is 2. The Morgan fingerprint density at radius 1 is 1.23 bits per heavy atom. The summed E-state index contributed by atoms with van der Waals surface area (Å²) >= 11 is 0. The van der Waals surface area contributed by atoms with Crippen LogP contribution in [0.1, 0.15) is 44.1 Å². The van der Waals surface area contributed by atoms with Crippen molar-refractivity contribution in [1.29, 1.82) is 0 Å². The molecule has 0 aliphatic carbocycles. The van der Waals surface area contributed by atoms with Crippen molar-refractivity contribution in [3.8, 4) is 0 Å². The standard InChI is InChI=1S/C20H28N6O8S/c1-20(2,3)33-19(29)23-7-4-13(5-8-23)21-17(27)16-6-9-25(22-16)14-10-15-12-24(11-14)18(28)26(15)34-35(30,31)32/h6,9-10,13,15H,4-5,7-8,11-12H2,1-3H3,(H,21,27)(H,30,31,32). The third-order valence-electron chi connectivity index (χ3n) is 5.68. The first kappa shape index (κ1) is 24.9. The molecule has 35 heavy (non-hydrogen) atoms. The summed E-state index contributed by atoms with van der Waals surface area (Å²) in [6, 6.07) is -0.0379. The number of nitrogens with one attached hydrogen (secondary N) is 1. The number of hydroxylamine groups is 2. The lowest BCUT2D eigenvalue weighted by molar-refractivity contribution is -0.0183. The number of carbonyl (C=O) groups excluding carboxylic acids is 3. The van der Waals surface area contributed by atoms with E-state index in [1.165, 1.54) is 15.6 Å². The molecule has 3 aliphatic rings. The Bertz CT molecular complexity index is 1150. The molecule has 2 saturated heterocycles. The minimum atomic E-state index is -4.85. The van der Waals surface area contributed by atoms with Crippen LogP contribution in [-0.4, -0.2) is 99.5 Å². The maximum atomic E-state index is 12.7. The highest BCUT2D eigenvalue weighted by Gasteiger charge is 2.43. The van der Waals surface area contributed by atoms with Crippen LogP contribution in [0.5, 0.6) is 0 Å². The van der Waals surface area contributed by atoms with Gasteiger partial charge in [0.05, 0.1) is 12.2 Å². The van der Waals surface area contributed by atoms with E-state index < -0.39 is 28.1 Å². The predicted octanol–water partition coefficient (Wildman–Crippen LogP) is 0.708. The van der Waals surface area contributed by atoms with Crippen molar-refractivity contribution in [2.24, 2.45) is 0 Å². The summed E-state index contributed by atoms with van der Waals surface area (Å²) in [5.41, 5.74) is 0.145. The van der Waals surface area contributed by atoms with E-state index in [1.807, 2.05) is 20.8 Å². The Balaban J connectivity index is 1.34. The lowest BCUT2D eigenvalue weighted by Crippen LogP contribution is -2.47. The quantitative estimate of drug-likeness (QED) is 0.541. The van der Waals surface area contributed by atoms with Crippen molar-refractivity contribution in [2.75, 3.05) is 26.2 Å². The number of aromatic nitrogens is 2. The highest BCUT2D eigenvalue weighted by Crippen LogP contribution is 2.27. The molecule has 1 unspecified atom stereocenters. The van der Waals surface area contributed by atoms with Crippen LogP contribution >= 0.6 is 0 Å². The molecule has 15 heteroatoms. The van der Waals surface area contributed by atoms with E-state index in [-0.39, 0.29) is 36.8 Å². The molecule has 2 fully saturated rings. The van der Waals surface area contributed by atoms with E-state index in [4.69, 9.17) is 9.29 Å². The Morgan fingerprint density at radius 3 is 2.54 bits per heavy atom. The normalized spacial score (nSPS) is 21.3. The second-order valence-electron chi connectivity index (χ2n) is 9.58. The molecule has 14 nitrogen and oxygen atoms in total. The van der Waals surface area contributed by atoms with Gasteiger partial charge in [0.15, 0.2) is 5.69 Å². The molecule has 0 spiro atoms. The first-order valence-corrected chi connectivity index (χ1v) is 12.5. The molecule has 0 aromatic carbocycles. The Hall–Kier alpha value is -3.17. The SMILES string of the molecule is CC(C)(C)OC(=O)N1CCC(NC(=O)c2ccn(C3=CC4CN(C3)C(=O)N4OS(=O)(=O)O)n2)CC1. The number of nitrogens with zero attached hydrogens (tertiary/aromatic N) is 5. The average molecular weight is 513 g/mol. The fraction of sp³-hybridized carbons (Fsp3) is 0.600. The number of fused-ring (bicyclic) bond motifs is 2. The van der Waals surface area contributed by atoms with Crippen LogP contribution in [0, 0.1) is 0 Å². The molecule has 2 N–H and O–H groups in total. The number of urea groups is 1.